The van der Waals surface area contributed by atoms with Crippen molar-refractivity contribution < 1.29 is 19.5 Å². The van der Waals surface area contributed by atoms with Crippen LogP contribution in [0.25, 0.3) is 0 Å². The molecule has 0 radical (unpaired) electrons. The standard InChI is InChI=1S/C22H35N3O4S/c1-15(2)7-5-8-16(3)9-6-10-18-11-12-30-14-19(21(27)25-24-18)23-20(26)13-17(4)22(28)29/h7,9,11,17,19,24H,5-6,8,10,12-14H2,1-4H3,(H,23,26)(H,25,27)(H,28,29)/b16-9+,18-11-/t17-,19+/m1/s1. The smallest absolute Gasteiger partial charge is 0.306 e. The Bertz CT molecular complexity index is 696. The van der Waals surface area contributed by atoms with E-state index >= 15 is 0 Å². The maximum absolute atomic E-state index is 12.4. The van der Waals surface area contributed by atoms with Gasteiger partial charge in [-0.1, -0.05) is 36.3 Å². The maximum Gasteiger partial charge on any atom is 0.306 e. The molecule has 1 aliphatic rings. The molecule has 0 saturated heterocycles. The molecule has 30 heavy (non-hydrogen) atoms. The van der Waals surface area contributed by atoms with Gasteiger partial charge in [-0.25, -0.2) is 0 Å². The number of carboxylic acid groups (broad SMARTS) is 1. The third-order valence-electron chi connectivity index (χ3n) is 4.64. The highest BCUT2D eigenvalue weighted by atomic mass is 32.2. The van der Waals surface area contributed by atoms with Gasteiger partial charge in [0.15, 0.2) is 0 Å². The number of hydrogen-bond donors (Lipinski definition) is 4. The molecule has 0 unspecified atom stereocenters. The normalized spacial score (nSPS) is 20.3. The quantitative estimate of drug-likeness (QED) is 0.391. The molecule has 0 spiro atoms. The molecule has 8 heteroatoms. The molecule has 168 valence electrons. The van der Waals surface area contributed by atoms with Crippen LogP contribution in [0.15, 0.2) is 35.1 Å². The van der Waals surface area contributed by atoms with Gasteiger partial charge in [0.1, 0.15) is 6.04 Å². The number of carboxylic acids is 1. The molecule has 1 aliphatic heterocycles. The Morgan fingerprint density at radius 1 is 1.27 bits per heavy atom. The second-order valence-electron chi connectivity index (χ2n) is 7.85. The lowest BCUT2D eigenvalue weighted by atomic mass is 10.1. The van der Waals surface area contributed by atoms with Crippen molar-refractivity contribution in [1.29, 1.82) is 0 Å². The van der Waals surface area contributed by atoms with E-state index in [2.05, 4.69) is 49.1 Å². The SMILES string of the molecule is CC(C)=CCC/C(C)=C/CC/C1=C/CSC[C@H](NC(=O)C[C@@H](C)C(=O)O)C(=O)NN1. The van der Waals surface area contributed by atoms with Gasteiger partial charge < -0.3 is 15.8 Å². The highest BCUT2D eigenvalue weighted by Crippen LogP contribution is 2.13. The predicted molar refractivity (Wildman–Crippen MR) is 122 cm³/mol. The van der Waals surface area contributed by atoms with Gasteiger partial charge in [-0.15, -0.1) is 0 Å². The van der Waals surface area contributed by atoms with E-state index in [4.69, 9.17) is 5.11 Å². The monoisotopic (exact) mass is 437 g/mol. The summed E-state index contributed by atoms with van der Waals surface area (Å²) in [6.07, 6.45) is 10.1. The molecule has 7 nitrogen and oxygen atoms in total. The van der Waals surface area contributed by atoms with Crippen LogP contribution in [-0.2, 0) is 14.4 Å². The number of rotatable bonds is 10. The zero-order valence-electron chi connectivity index (χ0n) is 18.4. The van der Waals surface area contributed by atoms with Gasteiger partial charge in [0, 0.05) is 23.6 Å². The lowest BCUT2D eigenvalue weighted by Gasteiger charge is -2.18. The molecule has 4 N–H and O–H groups in total. The zero-order chi connectivity index (χ0) is 22.5. The first-order valence-electron chi connectivity index (χ1n) is 10.3. The largest absolute Gasteiger partial charge is 0.481 e. The van der Waals surface area contributed by atoms with E-state index in [0.29, 0.717) is 5.75 Å². The Morgan fingerprint density at radius 2 is 2.00 bits per heavy atom. The molecule has 2 amide bonds. The Balaban J connectivity index is 2.49. The van der Waals surface area contributed by atoms with Crippen LogP contribution in [0, 0.1) is 5.92 Å². The average molecular weight is 438 g/mol. The maximum atomic E-state index is 12.4. The molecule has 0 aromatic carbocycles. The van der Waals surface area contributed by atoms with Crippen molar-refractivity contribution in [2.45, 2.75) is 65.8 Å². The summed E-state index contributed by atoms with van der Waals surface area (Å²) < 4.78 is 0. The fourth-order valence-corrected chi connectivity index (χ4v) is 3.68. The van der Waals surface area contributed by atoms with Crippen molar-refractivity contribution in [2.75, 3.05) is 11.5 Å². The van der Waals surface area contributed by atoms with Gasteiger partial charge in [0.05, 0.1) is 5.92 Å². The summed E-state index contributed by atoms with van der Waals surface area (Å²) in [5.74, 6) is -1.45. The van der Waals surface area contributed by atoms with Gasteiger partial charge in [-0.3, -0.25) is 19.8 Å². The van der Waals surface area contributed by atoms with Crippen LogP contribution in [0.4, 0.5) is 0 Å². The number of aliphatic carboxylic acids is 1. The van der Waals surface area contributed by atoms with Crippen molar-refractivity contribution in [1.82, 2.24) is 16.2 Å². The number of nitrogens with one attached hydrogen (secondary N) is 3. The Kier molecular flexibility index (Phi) is 12.0. The summed E-state index contributed by atoms with van der Waals surface area (Å²) >= 11 is 1.55. The van der Waals surface area contributed by atoms with Crippen LogP contribution in [0.2, 0.25) is 0 Å². The van der Waals surface area contributed by atoms with E-state index in [1.165, 1.54) is 18.1 Å². The molecular formula is C22H35N3O4S. The van der Waals surface area contributed by atoms with E-state index < -0.39 is 23.8 Å². The van der Waals surface area contributed by atoms with Crippen molar-refractivity contribution in [2.24, 2.45) is 5.92 Å². The van der Waals surface area contributed by atoms with Gasteiger partial charge in [0.25, 0.3) is 5.91 Å². The third kappa shape index (κ3) is 11.1. The molecule has 0 saturated carbocycles. The summed E-state index contributed by atoms with van der Waals surface area (Å²) in [7, 11) is 0. The number of carbonyl (C=O) groups is 3. The molecule has 0 bridgehead atoms. The number of carbonyl (C=O) groups excluding carboxylic acids is 2. The van der Waals surface area contributed by atoms with E-state index in [0.717, 1.165) is 37.1 Å². The van der Waals surface area contributed by atoms with Crippen molar-refractivity contribution in [3.63, 3.8) is 0 Å². The molecule has 0 aromatic heterocycles. The van der Waals surface area contributed by atoms with E-state index in [9.17, 15) is 14.4 Å². The Hall–Kier alpha value is -2.22. The minimum atomic E-state index is -1.03. The summed E-state index contributed by atoms with van der Waals surface area (Å²) in [4.78, 5) is 35.3. The van der Waals surface area contributed by atoms with E-state index in [-0.39, 0.29) is 12.3 Å². The summed E-state index contributed by atoms with van der Waals surface area (Å²) in [5.41, 5.74) is 9.26. The molecule has 2 atom stereocenters. The Labute approximate surface area is 183 Å². The lowest BCUT2D eigenvalue weighted by Crippen LogP contribution is -2.51. The first-order valence-corrected chi connectivity index (χ1v) is 11.5. The number of allylic oxidation sites excluding steroid dienone is 5. The minimum absolute atomic E-state index is 0.153. The fraction of sp³-hybridized carbons (Fsp3) is 0.591. The van der Waals surface area contributed by atoms with Crippen LogP contribution in [0.5, 0.6) is 0 Å². The minimum Gasteiger partial charge on any atom is -0.481 e. The topological polar surface area (TPSA) is 108 Å². The third-order valence-corrected chi connectivity index (χ3v) is 5.61. The van der Waals surface area contributed by atoms with Gasteiger partial charge in [-0.2, -0.15) is 11.8 Å². The van der Waals surface area contributed by atoms with Crippen LogP contribution >= 0.6 is 11.8 Å². The van der Waals surface area contributed by atoms with Crippen LogP contribution in [0.3, 0.4) is 0 Å². The molecule has 1 heterocycles. The number of hydrogen-bond acceptors (Lipinski definition) is 5. The predicted octanol–water partition coefficient (Wildman–Crippen LogP) is 3.31. The molecule has 0 fully saturated rings. The van der Waals surface area contributed by atoms with Crippen LogP contribution in [0.1, 0.15) is 59.8 Å². The fourth-order valence-electron chi connectivity index (χ4n) is 2.76. The highest BCUT2D eigenvalue weighted by molar-refractivity contribution is 7.99. The van der Waals surface area contributed by atoms with Crippen molar-refractivity contribution in [3.8, 4) is 0 Å². The second kappa shape index (κ2) is 13.9. The van der Waals surface area contributed by atoms with Crippen molar-refractivity contribution >= 4 is 29.5 Å². The number of amides is 2. The summed E-state index contributed by atoms with van der Waals surface area (Å²) in [6.45, 7) is 7.82. The second-order valence-corrected chi connectivity index (χ2v) is 8.93. The van der Waals surface area contributed by atoms with Gasteiger partial charge >= 0.3 is 5.97 Å². The number of thioether (sulfide) groups is 1. The summed E-state index contributed by atoms with van der Waals surface area (Å²) in [5, 5.41) is 11.6. The van der Waals surface area contributed by atoms with E-state index in [1.54, 1.807) is 11.8 Å². The molecular weight excluding hydrogens is 402 g/mol. The van der Waals surface area contributed by atoms with Crippen molar-refractivity contribution in [3.05, 3.63) is 35.1 Å². The van der Waals surface area contributed by atoms with Crippen LogP contribution in [-0.4, -0.2) is 40.4 Å². The number of hydrazine groups is 1. The van der Waals surface area contributed by atoms with E-state index in [1.807, 2.05) is 6.08 Å². The highest BCUT2D eigenvalue weighted by Gasteiger charge is 2.24. The zero-order valence-corrected chi connectivity index (χ0v) is 19.2. The molecule has 1 rings (SSSR count). The Morgan fingerprint density at radius 3 is 2.67 bits per heavy atom. The molecule has 0 aromatic rings. The molecule has 0 aliphatic carbocycles. The average Bonchev–Trinajstić information content (AvgIpc) is 2.74. The van der Waals surface area contributed by atoms with Gasteiger partial charge in [0.2, 0.25) is 5.91 Å². The first kappa shape index (κ1) is 25.8. The first-order chi connectivity index (χ1) is 14.2. The summed E-state index contributed by atoms with van der Waals surface area (Å²) in [6, 6.07) is -0.707. The van der Waals surface area contributed by atoms with Gasteiger partial charge in [-0.05, 0) is 46.5 Å². The van der Waals surface area contributed by atoms with Crippen LogP contribution < -0.4 is 16.2 Å². The lowest BCUT2D eigenvalue weighted by molar-refractivity contribution is -0.143.